The standard InChI is InChI=1S/C14H21ClN2O3S/c1-2-17-7-3-4-12(9-17)16-21(19,20)14-8-11(10-18)5-6-13(14)15/h5-6,8,12,16,18H,2-4,7,9-10H2,1H3. The molecule has 1 aliphatic heterocycles. The molecule has 118 valence electrons. The molecule has 0 aromatic heterocycles. The number of hydrogen-bond donors (Lipinski definition) is 2. The van der Waals surface area contributed by atoms with E-state index in [2.05, 4.69) is 16.5 Å². The van der Waals surface area contributed by atoms with E-state index in [9.17, 15) is 8.42 Å². The SMILES string of the molecule is CCN1CCCC(NS(=O)(=O)c2cc(CO)ccc2Cl)C1. The Labute approximate surface area is 131 Å². The second-order valence-corrected chi connectivity index (χ2v) is 7.37. The highest BCUT2D eigenvalue weighted by atomic mass is 35.5. The summed E-state index contributed by atoms with van der Waals surface area (Å²) < 4.78 is 27.7. The van der Waals surface area contributed by atoms with Crippen molar-refractivity contribution in [1.82, 2.24) is 9.62 Å². The molecule has 2 rings (SSSR count). The molecule has 2 N–H and O–H groups in total. The van der Waals surface area contributed by atoms with Gasteiger partial charge in [-0.15, -0.1) is 0 Å². The molecule has 21 heavy (non-hydrogen) atoms. The summed E-state index contributed by atoms with van der Waals surface area (Å²) in [5.74, 6) is 0. The Hall–Kier alpha value is -0.660. The fraction of sp³-hybridized carbons (Fsp3) is 0.571. The van der Waals surface area contributed by atoms with Crippen molar-refractivity contribution >= 4 is 21.6 Å². The molecule has 1 fully saturated rings. The maximum absolute atomic E-state index is 12.5. The summed E-state index contributed by atoms with van der Waals surface area (Å²) in [6, 6.07) is 4.43. The zero-order valence-corrected chi connectivity index (χ0v) is 13.6. The zero-order valence-electron chi connectivity index (χ0n) is 12.0. The van der Waals surface area contributed by atoms with E-state index in [0.29, 0.717) is 12.1 Å². The summed E-state index contributed by atoms with van der Waals surface area (Å²) >= 11 is 6.00. The van der Waals surface area contributed by atoms with Gasteiger partial charge in [-0.25, -0.2) is 13.1 Å². The summed E-state index contributed by atoms with van der Waals surface area (Å²) in [5, 5.41) is 9.31. The fourth-order valence-electron chi connectivity index (χ4n) is 2.57. The molecule has 0 aliphatic carbocycles. The summed E-state index contributed by atoms with van der Waals surface area (Å²) in [7, 11) is -3.67. The Balaban J connectivity index is 2.18. The summed E-state index contributed by atoms with van der Waals surface area (Å²) in [6.45, 7) is 4.49. The van der Waals surface area contributed by atoms with Crippen molar-refractivity contribution in [3.63, 3.8) is 0 Å². The van der Waals surface area contributed by atoms with Gasteiger partial charge >= 0.3 is 0 Å². The number of nitrogens with one attached hydrogen (secondary N) is 1. The molecule has 1 unspecified atom stereocenters. The summed E-state index contributed by atoms with van der Waals surface area (Å²) in [6.07, 6.45) is 1.80. The predicted octanol–water partition coefficient (Wildman–Crippen LogP) is 1.59. The summed E-state index contributed by atoms with van der Waals surface area (Å²) in [4.78, 5) is 2.26. The minimum atomic E-state index is -3.67. The molecule has 1 atom stereocenters. The number of hydrogen-bond acceptors (Lipinski definition) is 4. The van der Waals surface area contributed by atoms with Crippen LogP contribution >= 0.6 is 11.6 Å². The lowest BCUT2D eigenvalue weighted by Crippen LogP contribution is -2.47. The van der Waals surface area contributed by atoms with E-state index in [0.717, 1.165) is 25.9 Å². The van der Waals surface area contributed by atoms with E-state index in [1.165, 1.54) is 12.1 Å². The number of nitrogens with zero attached hydrogens (tertiary/aromatic N) is 1. The highest BCUT2D eigenvalue weighted by Gasteiger charge is 2.26. The third-order valence-corrected chi connectivity index (χ3v) is 5.74. The van der Waals surface area contributed by atoms with Crippen molar-refractivity contribution in [2.45, 2.75) is 37.3 Å². The van der Waals surface area contributed by atoms with Gasteiger partial charge in [0, 0.05) is 12.6 Å². The molecular formula is C14H21ClN2O3S. The van der Waals surface area contributed by atoms with Gasteiger partial charge in [0.15, 0.2) is 0 Å². The topological polar surface area (TPSA) is 69.6 Å². The first-order chi connectivity index (χ1) is 9.96. The Morgan fingerprint density at radius 1 is 1.48 bits per heavy atom. The number of benzene rings is 1. The molecule has 0 saturated carbocycles. The Morgan fingerprint density at radius 2 is 2.24 bits per heavy atom. The van der Waals surface area contributed by atoms with Crippen LogP contribution < -0.4 is 4.72 Å². The van der Waals surface area contributed by atoms with Crippen LogP contribution in [0, 0.1) is 0 Å². The molecule has 1 heterocycles. The van der Waals surface area contributed by atoms with E-state index in [1.807, 2.05) is 0 Å². The molecule has 5 nitrogen and oxygen atoms in total. The van der Waals surface area contributed by atoms with E-state index in [1.54, 1.807) is 6.07 Å². The van der Waals surface area contributed by atoms with E-state index < -0.39 is 10.0 Å². The van der Waals surface area contributed by atoms with Gasteiger partial charge in [0.2, 0.25) is 10.0 Å². The highest BCUT2D eigenvalue weighted by Crippen LogP contribution is 2.23. The summed E-state index contributed by atoms with van der Waals surface area (Å²) in [5.41, 5.74) is 0.526. The van der Waals surface area contributed by atoms with Crippen LogP contribution in [-0.4, -0.2) is 44.1 Å². The lowest BCUT2D eigenvalue weighted by atomic mass is 10.1. The normalized spacial score (nSPS) is 20.6. The zero-order chi connectivity index (χ0) is 15.5. The molecule has 0 spiro atoms. The monoisotopic (exact) mass is 332 g/mol. The number of aliphatic hydroxyl groups excluding tert-OH is 1. The van der Waals surface area contributed by atoms with Gasteiger partial charge in [0.1, 0.15) is 4.90 Å². The predicted molar refractivity (Wildman–Crippen MR) is 82.8 cm³/mol. The molecule has 0 radical (unpaired) electrons. The lowest BCUT2D eigenvalue weighted by Gasteiger charge is -2.32. The van der Waals surface area contributed by atoms with Crippen LogP contribution in [0.25, 0.3) is 0 Å². The first-order valence-electron chi connectivity index (χ1n) is 7.10. The first-order valence-corrected chi connectivity index (χ1v) is 8.96. The molecule has 0 bridgehead atoms. The van der Waals surface area contributed by atoms with Crippen LogP contribution in [0.3, 0.4) is 0 Å². The van der Waals surface area contributed by atoms with Gasteiger partial charge in [-0.1, -0.05) is 24.6 Å². The van der Waals surface area contributed by atoms with Crippen LogP contribution in [0.5, 0.6) is 0 Å². The van der Waals surface area contributed by atoms with Crippen LogP contribution in [0.4, 0.5) is 0 Å². The molecule has 1 aliphatic rings. The minimum absolute atomic E-state index is 0.0318. The second kappa shape index (κ2) is 7.07. The van der Waals surface area contributed by atoms with Crippen molar-refractivity contribution in [2.75, 3.05) is 19.6 Å². The smallest absolute Gasteiger partial charge is 0.242 e. The number of likely N-dealkylation sites (N-methyl/N-ethyl adjacent to an activating group) is 1. The van der Waals surface area contributed by atoms with Crippen LogP contribution in [0.1, 0.15) is 25.3 Å². The fourth-order valence-corrected chi connectivity index (χ4v) is 4.39. The maximum atomic E-state index is 12.5. The largest absolute Gasteiger partial charge is 0.392 e. The van der Waals surface area contributed by atoms with Gasteiger partial charge in [-0.3, -0.25) is 0 Å². The van der Waals surface area contributed by atoms with Crippen molar-refractivity contribution in [3.05, 3.63) is 28.8 Å². The number of sulfonamides is 1. The van der Waals surface area contributed by atoms with Crippen LogP contribution in [0.15, 0.2) is 23.1 Å². The Kier molecular flexibility index (Phi) is 5.62. The van der Waals surface area contributed by atoms with Crippen molar-refractivity contribution in [3.8, 4) is 0 Å². The van der Waals surface area contributed by atoms with Crippen molar-refractivity contribution < 1.29 is 13.5 Å². The van der Waals surface area contributed by atoms with Gasteiger partial charge in [-0.05, 0) is 43.6 Å². The van der Waals surface area contributed by atoms with Gasteiger partial charge in [0.05, 0.1) is 11.6 Å². The number of halogens is 1. The molecular weight excluding hydrogens is 312 g/mol. The van der Waals surface area contributed by atoms with Gasteiger partial charge in [0.25, 0.3) is 0 Å². The lowest BCUT2D eigenvalue weighted by molar-refractivity contribution is 0.211. The van der Waals surface area contributed by atoms with Gasteiger partial charge < -0.3 is 10.0 Å². The quantitative estimate of drug-likeness (QED) is 0.859. The van der Waals surface area contributed by atoms with Crippen molar-refractivity contribution in [2.24, 2.45) is 0 Å². The Morgan fingerprint density at radius 3 is 2.90 bits per heavy atom. The number of rotatable bonds is 5. The Bertz CT molecular complexity index is 592. The highest BCUT2D eigenvalue weighted by molar-refractivity contribution is 7.89. The first kappa shape index (κ1) is 16.7. The van der Waals surface area contributed by atoms with E-state index in [-0.39, 0.29) is 22.6 Å². The average molecular weight is 333 g/mol. The molecule has 0 amide bonds. The third-order valence-electron chi connectivity index (χ3n) is 3.74. The number of aliphatic hydroxyl groups is 1. The second-order valence-electron chi connectivity index (χ2n) is 5.28. The average Bonchev–Trinajstić information content (AvgIpc) is 2.47. The van der Waals surface area contributed by atoms with Crippen LogP contribution in [-0.2, 0) is 16.6 Å². The number of likely N-dealkylation sites (tertiary alicyclic amines) is 1. The molecule has 1 aromatic carbocycles. The number of piperidine rings is 1. The third kappa shape index (κ3) is 4.17. The molecule has 7 heteroatoms. The van der Waals surface area contributed by atoms with E-state index in [4.69, 9.17) is 16.7 Å². The molecule has 1 aromatic rings. The van der Waals surface area contributed by atoms with Crippen LogP contribution in [0.2, 0.25) is 5.02 Å². The van der Waals surface area contributed by atoms with Gasteiger partial charge in [-0.2, -0.15) is 0 Å². The maximum Gasteiger partial charge on any atom is 0.242 e. The van der Waals surface area contributed by atoms with E-state index >= 15 is 0 Å². The molecule has 1 saturated heterocycles. The van der Waals surface area contributed by atoms with Crippen molar-refractivity contribution in [1.29, 1.82) is 0 Å². The minimum Gasteiger partial charge on any atom is -0.392 e.